The molecule has 38 heavy (non-hydrogen) atoms. The fourth-order valence-corrected chi connectivity index (χ4v) is 4.56. The van der Waals surface area contributed by atoms with E-state index in [1.807, 2.05) is 30.0 Å². The van der Waals surface area contributed by atoms with Crippen molar-refractivity contribution in [3.05, 3.63) is 80.9 Å². The zero-order chi connectivity index (χ0) is 26.8. The Labute approximate surface area is 227 Å². The summed E-state index contributed by atoms with van der Waals surface area (Å²) in [5.41, 5.74) is 4.00. The maximum absolute atomic E-state index is 13.2. The van der Waals surface area contributed by atoms with Crippen molar-refractivity contribution in [3.8, 4) is 11.5 Å². The van der Waals surface area contributed by atoms with Gasteiger partial charge in [-0.25, -0.2) is 4.98 Å². The predicted octanol–water partition coefficient (Wildman–Crippen LogP) is 5.33. The van der Waals surface area contributed by atoms with Gasteiger partial charge in [0.1, 0.15) is 5.52 Å². The number of hydrogen-bond acceptors (Lipinski definition) is 8. The highest BCUT2D eigenvalue weighted by Crippen LogP contribution is 2.33. The van der Waals surface area contributed by atoms with Gasteiger partial charge in [-0.3, -0.25) is 20.2 Å². The smallest absolute Gasteiger partial charge is 0.270 e. The largest absolute Gasteiger partial charge is 0.436 e. The maximum atomic E-state index is 13.2. The maximum Gasteiger partial charge on any atom is 0.270 e. The second-order valence-corrected chi connectivity index (χ2v) is 9.47. The molecule has 3 aromatic carbocycles. The highest BCUT2D eigenvalue weighted by atomic mass is 35.5. The first-order valence-electron chi connectivity index (χ1n) is 11.7. The van der Waals surface area contributed by atoms with E-state index >= 15 is 0 Å². The first-order valence-corrected chi connectivity index (χ1v) is 12.5. The molecular formula is C26H22ClN5O5S. The van der Waals surface area contributed by atoms with Crippen molar-refractivity contribution in [2.45, 2.75) is 6.92 Å². The molecule has 0 radical (unpaired) electrons. The molecule has 4 aromatic rings. The lowest BCUT2D eigenvalue weighted by Gasteiger charge is -2.30. The minimum atomic E-state index is -0.573. The molecule has 1 aliphatic heterocycles. The molecule has 1 saturated heterocycles. The van der Waals surface area contributed by atoms with Crippen molar-refractivity contribution in [3.63, 3.8) is 0 Å². The summed E-state index contributed by atoms with van der Waals surface area (Å²) in [5.74, 6) is -0.225. The van der Waals surface area contributed by atoms with Crippen molar-refractivity contribution in [2.24, 2.45) is 0 Å². The summed E-state index contributed by atoms with van der Waals surface area (Å²) in [6, 6.07) is 15.0. The molecular weight excluding hydrogens is 530 g/mol. The lowest BCUT2D eigenvalue weighted by molar-refractivity contribution is -0.384. The summed E-state index contributed by atoms with van der Waals surface area (Å²) in [7, 11) is 0. The average Bonchev–Trinajstić information content (AvgIpc) is 3.32. The number of oxazole rings is 1. The molecule has 0 unspecified atom stereocenters. The molecule has 0 aliphatic carbocycles. The van der Waals surface area contributed by atoms with E-state index in [4.69, 9.17) is 33.0 Å². The Bertz CT molecular complexity index is 1570. The van der Waals surface area contributed by atoms with Crippen molar-refractivity contribution in [1.29, 1.82) is 0 Å². The number of benzene rings is 3. The standard InChI is InChI=1S/C26H22ClN5O5S/c1-15-2-6-21-23(12-15)37-25(29-21)18-13-16(3-5-20(18)27)28-26(38)30-24(33)19-14-17(32(34)35)4-7-22(19)31-8-10-36-11-9-31/h2-7,12-14H,8-11H2,1H3,(H2,28,30,33,38). The zero-order valence-corrected chi connectivity index (χ0v) is 21.8. The number of hydrogen-bond donors (Lipinski definition) is 2. The molecule has 1 amide bonds. The van der Waals surface area contributed by atoms with Crippen LogP contribution in [-0.2, 0) is 4.74 Å². The van der Waals surface area contributed by atoms with Gasteiger partial charge in [-0.2, -0.15) is 0 Å². The number of halogens is 1. The minimum absolute atomic E-state index is 0.0101. The van der Waals surface area contributed by atoms with Crippen molar-refractivity contribution < 1.29 is 18.9 Å². The molecule has 0 saturated carbocycles. The van der Waals surface area contributed by atoms with Crippen LogP contribution in [0.1, 0.15) is 15.9 Å². The molecule has 0 bridgehead atoms. The monoisotopic (exact) mass is 551 g/mol. The summed E-state index contributed by atoms with van der Waals surface area (Å²) in [6.07, 6.45) is 0. The van der Waals surface area contributed by atoms with E-state index in [-0.39, 0.29) is 16.4 Å². The van der Waals surface area contributed by atoms with Gasteiger partial charge in [-0.05, 0) is 61.1 Å². The number of thiocarbonyl (C=S) groups is 1. The third kappa shape index (κ3) is 5.44. The second-order valence-electron chi connectivity index (χ2n) is 8.65. The lowest BCUT2D eigenvalue weighted by Crippen LogP contribution is -2.39. The number of anilines is 2. The number of nitro groups is 1. The second kappa shape index (κ2) is 10.7. The number of aryl methyl sites for hydroxylation is 1. The fourth-order valence-electron chi connectivity index (χ4n) is 4.15. The molecule has 1 aliphatic rings. The van der Waals surface area contributed by atoms with Gasteiger partial charge in [-0.1, -0.05) is 17.7 Å². The molecule has 0 spiro atoms. The molecule has 1 fully saturated rings. The van der Waals surface area contributed by atoms with Crippen LogP contribution in [0.3, 0.4) is 0 Å². The quantitative estimate of drug-likeness (QED) is 0.192. The van der Waals surface area contributed by atoms with E-state index in [0.717, 1.165) is 5.56 Å². The Kier molecular flexibility index (Phi) is 7.23. The van der Waals surface area contributed by atoms with E-state index < -0.39 is 10.8 Å². The van der Waals surface area contributed by atoms with Crippen LogP contribution in [0.25, 0.3) is 22.6 Å². The fraction of sp³-hybridized carbons (Fsp3) is 0.192. The van der Waals surface area contributed by atoms with Crippen LogP contribution in [-0.4, -0.2) is 47.2 Å². The molecule has 2 heterocycles. The first kappa shape index (κ1) is 25.6. The number of carbonyl (C=O) groups excluding carboxylic acids is 1. The van der Waals surface area contributed by atoms with E-state index in [1.165, 1.54) is 12.1 Å². The molecule has 2 N–H and O–H groups in total. The van der Waals surface area contributed by atoms with Gasteiger partial charge in [0.05, 0.1) is 40.0 Å². The van der Waals surface area contributed by atoms with Gasteiger partial charge in [0.2, 0.25) is 5.89 Å². The predicted molar refractivity (Wildman–Crippen MR) is 149 cm³/mol. The summed E-state index contributed by atoms with van der Waals surface area (Å²) in [6.45, 7) is 4.08. The van der Waals surface area contributed by atoms with Gasteiger partial charge in [0.15, 0.2) is 10.7 Å². The molecule has 5 rings (SSSR count). The average molecular weight is 552 g/mol. The van der Waals surface area contributed by atoms with Gasteiger partial charge >= 0.3 is 0 Å². The van der Waals surface area contributed by atoms with Crippen molar-refractivity contribution in [1.82, 2.24) is 10.3 Å². The number of aromatic nitrogens is 1. The Morgan fingerprint density at radius 2 is 1.92 bits per heavy atom. The molecule has 10 nitrogen and oxygen atoms in total. The highest BCUT2D eigenvalue weighted by molar-refractivity contribution is 7.80. The Morgan fingerprint density at radius 3 is 2.68 bits per heavy atom. The van der Waals surface area contributed by atoms with Crippen LogP contribution in [0.5, 0.6) is 0 Å². The van der Waals surface area contributed by atoms with E-state index in [0.29, 0.717) is 65.3 Å². The van der Waals surface area contributed by atoms with Gasteiger partial charge in [0.25, 0.3) is 11.6 Å². The highest BCUT2D eigenvalue weighted by Gasteiger charge is 2.23. The molecule has 194 valence electrons. The van der Waals surface area contributed by atoms with Crippen molar-refractivity contribution >= 4 is 63.0 Å². The van der Waals surface area contributed by atoms with Crippen LogP contribution in [0.15, 0.2) is 59.0 Å². The van der Waals surface area contributed by atoms with Crippen LogP contribution in [0.4, 0.5) is 17.1 Å². The van der Waals surface area contributed by atoms with Gasteiger partial charge in [-0.15, -0.1) is 0 Å². The van der Waals surface area contributed by atoms with E-state index in [2.05, 4.69) is 15.6 Å². The van der Waals surface area contributed by atoms with Crippen LogP contribution >= 0.6 is 23.8 Å². The topological polar surface area (TPSA) is 123 Å². The normalized spacial score (nSPS) is 13.4. The number of non-ortho nitro benzene ring substituents is 1. The number of fused-ring (bicyclic) bond motifs is 1. The SMILES string of the molecule is Cc1ccc2nc(-c3cc(NC(=S)NC(=O)c4cc([N+](=O)[O-])ccc4N4CCOCC4)ccc3Cl)oc2c1. The van der Waals surface area contributed by atoms with E-state index in [9.17, 15) is 14.9 Å². The van der Waals surface area contributed by atoms with Crippen LogP contribution < -0.4 is 15.5 Å². The summed E-state index contributed by atoms with van der Waals surface area (Å²) in [4.78, 5) is 30.5. The summed E-state index contributed by atoms with van der Waals surface area (Å²) >= 11 is 11.8. The number of amides is 1. The summed E-state index contributed by atoms with van der Waals surface area (Å²) < 4.78 is 11.3. The Balaban J connectivity index is 1.36. The van der Waals surface area contributed by atoms with Gasteiger partial charge < -0.3 is 19.4 Å². The Morgan fingerprint density at radius 1 is 1.13 bits per heavy atom. The molecule has 0 atom stereocenters. The third-order valence-corrected chi connectivity index (χ3v) is 6.55. The van der Waals surface area contributed by atoms with Crippen molar-refractivity contribution in [2.75, 3.05) is 36.5 Å². The number of nitrogens with zero attached hydrogens (tertiary/aromatic N) is 3. The number of morpholine rings is 1. The third-order valence-electron chi connectivity index (χ3n) is 6.01. The number of carbonyl (C=O) groups is 1. The number of nitro benzene ring substituents is 1. The number of ether oxygens (including phenoxy) is 1. The van der Waals surface area contributed by atoms with Crippen LogP contribution in [0, 0.1) is 17.0 Å². The zero-order valence-electron chi connectivity index (χ0n) is 20.2. The lowest BCUT2D eigenvalue weighted by atomic mass is 10.1. The summed E-state index contributed by atoms with van der Waals surface area (Å²) in [5, 5.41) is 17.4. The minimum Gasteiger partial charge on any atom is -0.436 e. The number of nitrogens with one attached hydrogen (secondary N) is 2. The number of rotatable bonds is 5. The molecule has 1 aromatic heterocycles. The van der Waals surface area contributed by atoms with Gasteiger partial charge in [0, 0.05) is 30.9 Å². The van der Waals surface area contributed by atoms with E-state index in [1.54, 1.807) is 24.3 Å². The van der Waals surface area contributed by atoms with Crippen LogP contribution in [0.2, 0.25) is 5.02 Å². The molecule has 12 heteroatoms. The first-order chi connectivity index (χ1) is 18.3. The Hall–Kier alpha value is -4.06.